The fraction of sp³-hybridized carbons (Fsp3) is 0.0968. The van der Waals surface area contributed by atoms with Gasteiger partial charge in [0, 0.05) is 29.6 Å². The van der Waals surface area contributed by atoms with E-state index in [0.29, 0.717) is 46.7 Å². The molecule has 6 rings (SSSR count). The molecule has 1 aliphatic heterocycles. The van der Waals surface area contributed by atoms with Crippen molar-refractivity contribution in [1.82, 2.24) is 19.7 Å². The number of pyridine rings is 1. The number of carbonyl (C=O) groups excluding carboxylic acids is 1. The quantitative estimate of drug-likeness (QED) is 0.181. The molecule has 5 aromatic rings. The third kappa shape index (κ3) is 5.43. The number of hydrogen-bond donors (Lipinski definition) is 2. The molecular formula is C31H25N7O4. The second-order valence-electron chi connectivity index (χ2n) is 9.62. The molecule has 0 radical (unpaired) electrons. The molecule has 0 bridgehead atoms. The number of non-ortho nitro benzene ring substituents is 1. The van der Waals surface area contributed by atoms with Gasteiger partial charge in [0.1, 0.15) is 18.4 Å². The summed E-state index contributed by atoms with van der Waals surface area (Å²) in [5.41, 5.74) is 3.96. The predicted octanol–water partition coefficient (Wildman–Crippen LogP) is 5.75. The standard InChI is InChI=1S/C31H25N7O4/c1-20-27(30(39)34-24-10-6-16-32-18-24)28(23-9-5-11-26(17-23)42-19-21-7-3-2-4-8-21)37-31(33-20)35-29(36-37)22-12-14-25(15-13-22)38(40)41/h2-18,28H,19H2,1H3,(H,34,39)(H,33,35,36). The van der Waals surface area contributed by atoms with Gasteiger partial charge >= 0.3 is 0 Å². The summed E-state index contributed by atoms with van der Waals surface area (Å²) >= 11 is 0. The van der Waals surface area contributed by atoms with Gasteiger partial charge in [0.2, 0.25) is 5.95 Å². The molecule has 1 amide bonds. The van der Waals surface area contributed by atoms with Crippen molar-refractivity contribution in [2.75, 3.05) is 10.6 Å². The van der Waals surface area contributed by atoms with E-state index < -0.39 is 11.0 Å². The number of nitro benzene ring substituents is 1. The lowest BCUT2D eigenvalue weighted by Crippen LogP contribution is -2.31. The number of fused-ring (bicyclic) bond motifs is 1. The van der Waals surface area contributed by atoms with Gasteiger partial charge in [0.15, 0.2) is 5.82 Å². The van der Waals surface area contributed by atoms with E-state index in [4.69, 9.17) is 9.84 Å². The molecule has 11 heteroatoms. The number of carbonyl (C=O) groups is 1. The minimum absolute atomic E-state index is 0.0297. The minimum Gasteiger partial charge on any atom is -0.489 e. The third-order valence-corrected chi connectivity index (χ3v) is 6.78. The largest absolute Gasteiger partial charge is 0.489 e. The van der Waals surface area contributed by atoms with Crippen LogP contribution in [-0.4, -0.2) is 30.6 Å². The topological polar surface area (TPSA) is 137 Å². The van der Waals surface area contributed by atoms with Crippen LogP contribution in [0, 0.1) is 10.1 Å². The Balaban J connectivity index is 1.39. The van der Waals surface area contributed by atoms with Crippen LogP contribution in [-0.2, 0) is 11.4 Å². The van der Waals surface area contributed by atoms with Crippen molar-refractivity contribution < 1.29 is 14.5 Å². The van der Waals surface area contributed by atoms with Crippen molar-refractivity contribution in [2.24, 2.45) is 0 Å². The van der Waals surface area contributed by atoms with Crippen molar-refractivity contribution >= 4 is 23.2 Å². The number of nitrogens with zero attached hydrogens (tertiary/aromatic N) is 5. The summed E-state index contributed by atoms with van der Waals surface area (Å²) in [7, 11) is 0. The van der Waals surface area contributed by atoms with E-state index in [1.54, 1.807) is 41.3 Å². The van der Waals surface area contributed by atoms with Gasteiger partial charge in [-0.25, -0.2) is 4.68 Å². The van der Waals surface area contributed by atoms with Crippen molar-refractivity contribution in [2.45, 2.75) is 19.6 Å². The lowest BCUT2D eigenvalue weighted by molar-refractivity contribution is -0.384. The van der Waals surface area contributed by atoms with E-state index in [-0.39, 0.29) is 11.6 Å². The molecule has 3 aromatic carbocycles. The first-order chi connectivity index (χ1) is 20.5. The van der Waals surface area contributed by atoms with Crippen LogP contribution < -0.4 is 15.4 Å². The zero-order valence-electron chi connectivity index (χ0n) is 22.5. The predicted molar refractivity (Wildman–Crippen MR) is 157 cm³/mol. The van der Waals surface area contributed by atoms with Gasteiger partial charge in [-0.2, -0.15) is 4.98 Å². The van der Waals surface area contributed by atoms with Crippen LogP contribution >= 0.6 is 0 Å². The molecule has 0 fully saturated rings. The summed E-state index contributed by atoms with van der Waals surface area (Å²) in [6.07, 6.45) is 3.21. The highest BCUT2D eigenvalue weighted by Gasteiger charge is 2.35. The first kappa shape index (κ1) is 26.4. The molecule has 11 nitrogen and oxygen atoms in total. The van der Waals surface area contributed by atoms with E-state index in [2.05, 4.69) is 20.6 Å². The zero-order chi connectivity index (χ0) is 29.1. The Kier molecular flexibility index (Phi) is 7.12. The van der Waals surface area contributed by atoms with E-state index >= 15 is 0 Å². The highest BCUT2D eigenvalue weighted by atomic mass is 16.6. The van der Waals surface area contributed by atoms with Crippen molar-refractivity contribution in [3.8, 4) is 17.1 Å². The second-order valence-corrected chi connectivity index (χ2v) is 9.62. The molecule has 0 aliphatic carbocycles. The van der Waals surface area contributed by atoms with Gasteiger partial charge in [-0.3, -0.25) is 19.9 Å². The van der Waals surface area contributed by atoms with Gasteiger partial charge < -0.3 is 15.4 Å². The Morgan fingerprint density at radius 1 is 1.05 bits per heavy atom. The molecule has 208 valence electrons. The number of aromatic nitrogens is 4. The van der Waals surface area contributed by atoms with Gasteiger partial charge in [-0.05, 0) is 54.4 Å². The fourth-order valence-electron chi connectivity index (χ4n) is 4.76. The summed E-state index contributed by atoms with van der Waals surface area (Å²) in [4.78, 5) is 33.2. The number of nitro groups is 1. The van der Waals surface area contributed by atoms with Crippen LogP contribution in [0.3, 0.4) is 0 Å². The summed E-state index contributed by atoms with van der Waals surface area (Å²) < 4.78 is 7.74. The summed E-state index contributed by atoms with van der Waals surface area (Å²) in [5, 5.41) is 22.0. The smallest absolute Gasteiger partial charge is 0.269 e. The SMILES string of the molecule is CC1=C(C(=O)Nc2cccnc2)C(c2cccc(OCc3ccccc3)c2)n2nc(-c3ccc([N+](=O)[O-])cc3)nc2N1. The maximum atomic E-state index is 13.8. The fourth-order valence-corrected chi connectivity index (χ4v) is 4.76. The van der Waals surface area contributed by atoms with Crippen molar-refractivity contribution in [3.63, 3.8) is 0 Å². The lowest BCUT2D eigenvalue weighted by atomic mass is 9.95. The maximum absolute atomic E-state index is 13.8. The van der Waals surface area contributed by atoms with Crippen LogP contribution in [0.2, 0.25) is 0 Å². The van der Waals surface area contributed by atoms with Crippen molar-refractivity contribution in [3.05, 3.63) is 136 Å². The minimum atomic E-state index is -0.655. The molecule has 0 saturated heterocycles. The van der Waals surface area contributed by atoms with Gasteiger partial charge in [0.05, 0.1) is 22.4 Å². The van der Waals surface area contributed by atoms with E-state index in [1.165, 1.54) is 12.1 Å². The van der Waals surface area contributed by atoms with Gasteiger partial charge in [0.25, 0.3) is 11.6 Å². The average molecular weight is 560 g/mol. The normalized spacial score (nSPS) is 14.1. The molecule has 0 spiro atoms. The number of rotatable bonds is 8. The molecule has 42 heavy (non-hydrogen) atoms. The summed E-state index contributed by atoms with van der Waals surface area (Å²) in [5.74, 6) is 1.10. The van der Waals surface area contributed by atoms with E-state index in [1.807, 2.05) is 61.5 Å². The third-order valence-electron chi connectivity index (χ3n) is 6.78. The number of allylic oxidation sites excluding steroid dienone is 1. The summed E-state index contributed by atoms with van der Waals surface area (Å²) in [6.45, 7) is 2.20. The average Bonchev–Trinajstić information content (AvgIpc) is 3.44. The number of benzene rings is 3. The number of hydrogen-bond acceptors (Lipinski definition) is 8. The van der Waals surface area contributed by atoms with Crippen LogP contribution in [0.4, 0.5) is 17.3 Å². The second kappa shape index (κ2) is 11.3. The Morgan fingerprint density at radius 3 is 2.60 bits per heavy atom. The molecular weight excluding hydrogens is 534 g/mol. The Morgan fingerprint density at radius 2 is 1.86 bits per heavy atom. The first-order valence-corrected chi connectivity index (χ1v) is 13.1. The maximum Gasteiger partial charge on any atom is 0.269 e. The molecule has 0 saturated carbocycles. The van der Waals surface area contributed by atoms with Crippen LogP contribution in [0.15, 0.2) is 115 Å². The zero-order valence-corrected chi connectivity index (χ0v) is 22.5. The molecule has 3 heterocycles. The number of anilines is 2. The molecule has 2 aromatic heterocycles. The van der Waals surface area contributed by atoms with Crippen molar-refractivity contribution in [1.29, 1.82) is 0 Å². The molecule has 1 unspecified atom stereocenters. The molecule has 1 aliphatic rings. The molecule has 1 atom stereocenters. The number of nitrogens with one attached hydrogen (secondary N) is 2. The Bertz CT molecular complexity index is 1790. The number of amides is 1. The van der Waals surface area contributed by atoms with Gasteiger partial charge in [-0.1, -0.05) is 42.5 Å². The first-order valence-electron chi connectivity index (χ1n) is 13.1. The Labute approximate surface area is 240 Å². The van der Waals surface area contributed by atoms with Crippen LogP contribution in [0.5, 0.6) is 5.75 Å². The lowest BCUT2D eigenvalue weighted by Gasteiger charge is -2.29. The number of ether oxygens (including phenoxy) is 1. The summed E-state index contributed by atoms with van der Waals surface area (Å²) in [6, 6.07) is 26.3. The van der Waals surface area contributed by atoms with Gasteiger partial charge in [-0.15, -0.1) is 5.10 Å². The van der Waals surface area contributed by atoms with E-state index in [9.17, 15) is 14.9 Å². The van der Waals surface area contributed by atoms with Crippen LogP contribution in [0.25, 0.3) is 11.4 Å². The van der Waals surface area contributed by atoms with E-state index in [0.717, 1.165) is 11.1 Å². The monoisotopic (exact) mass is 559 g/mol. The highest BCUT2D eigenvalue weighted by Crippen LogP contribution is 2.38. The highest BCUT2D eigenvalue weighted by molar-refractivity contribution is 6.06. The Hall–Kier alpha value is -5.84. The molecule has 2 N–H and O–H groups in total. The van der Waals surface area contributed by atoms with Crippen LogP contribution in [0.1, 0.15) is 24.1 Å².